The van der Waals surface area contributed by atoms with Gasteiger partial charge in [0.2, 0.25) is 12.2 Å². The predicted molar refractivity (Wildman–Crippen MR) is 159 cm³/mol. The molecule has 2 aliphatic heterocycles. The van der Waals surface area contributed by atoms with E-state index < -0.39 is 90.2 Å². The van der Waals surface area contributed by atoms with Gasteiger partial charge in [0.25, 0.3) is 0 Å². The minimum atomic E-state index is -2.09. The van der Waals surface area contributed by atoms with Gasteiger partial charge in [0, 0.05) is 18.0 Å². The lowest BCUT2D eigenvalue weighted by atomic mass is 9.50. The standard InChI is InChI=1S/C32H37NO16/c1-14(34)28(40)48-20(30(42)45-15(2)29(41)47-19(27(38)39)12-22(35)36)13-23(37)46-18-7-8-32(43)21-11-16-5-6-17(44-4)25-24(16)31(32,26(18)49-25)9-10-33(21)3/h5-7,14-15,19-21,26,34,43H,8-13H2,1-4H3,(H,35,36)(H,38,39)/t14?,15?,19?,20?,21-,26+,31+,32-/m1/s1. The topological polar surface area (TPSA) is 242 Å². The molecule has 2 aliphatic carbocycles. The number of nitrogens with zero attached hydrogens (tertiary/aromatic N) is 1. The van der Waals surface area contributed by atoms with E-state index in [-0.39, 0.29) is 18.2 Å². The number of piperidine rings is 1. The third-order valence-corrected chi connectivity index (χ3v) is 9.52. The number of hydrogen-bond donors (Lipinski definition) is 4. The number of methoxy groups -OCH3 is 1. The van der Waals surface area contributed by atoms with E-state index in [0.717, 1.165) is 25.0 Å². The fourth-order valence-corrected chi connectivity index (χ4v) is 7.20. The van der Waals surface area contributed by atoms with Gasteiger partial charge < -0.3 is 53.7 Å². The van der Waals surface area contributed by atoms with Crippen LogP contribution in [0.25, 0.3) is 0 Å². The number of likely N-dealkylation sites (tertiary alicyclic amines) is 1. The average Bonchev–Trinajstić information content (AvgIpc) is 3.39. The number of benzene rings is 1. The Balaban J connectivity index is 1.35. The third-order valence-electron chi connectivity index (χ3n) is 9.52. The number of ether oxygens (including phenoxy) is 6. The number of esters is 4. The van der Waals surface area contributed by atoms with Crippen molar-refractivity contribution in [1.29, 1.82) is 0 Å². The Morgan fingerprint density at radius 3 is 2.33 bits per heavy atom. The van der Waals surface area contributed by atoms with Crippen molar-refractivity contribution >= 4 is 35.8 Å². The Morgan fingerprint density at radius 1 is 1.00 bits per heavy atom. The molecule has 17 heteroatoms. The van der Waals surface area contributed by atoms with Crippen LogP contribution in [0.4, 0.5) is 0 Å². The minimum absolute atomic E-state index is 0.0492. The Bertz CT molecular complexity index is 1600. The SMILES string of the molecule is COc1ccc2c3c1O[C@H]1C(OC(=O)CC(OC(=O)C(C)O)C(=O)OC(C)C(=O)OC(CC(=O)O)C(=O)O)=CC[C@@]4(O)[C@@H](C2)N(C)CC[C@]314. The lowest BCUT2D eigenvalue weighted by molar-refractivity contribution is -0.186. The van der Waals surface area contributed by atoms with Crippen LogP contribution in [0.1, 0.15) is 50.7 Å². The van der Waals surface area contributed by atoms with Crippen LogP contribution in [0.3, 0.4) is 0 Å². The molecular weight excluding hydrogens is 654 g/mol. The highest BCUT2D eigenvalue weighted by Crippen LogP contribution is 2.65. The zero-order chi connectivity index (χ0) is 36.0. The third kappa shape index (κ3) is 6.17. The van der Waals surface area contributed by atoms with Crippen molar-refractivity contribution in [2.75, 3.05) is 20.7 Å². The van der Waals surface area contributed by atoms with Crippen LogP contribution < -0.4 is 9.47 Å². The number of carbonyl (C=O) groups excluding carboxylic acids is 4. The Labute approximate surface area is 279 Å². The van der Waals surface area contributed by atoms with Crippen molar-refractivity contribution < 1.29 is 77.6 Å². The number of carboxylic acid groups (broad SMARTS) is 2. The maximum Gasteiger partial charge on any atom is 0.348 e. The summed E-state index contributed by atoms with van der Waals surface area (Å²) in [7, 11) is 3.42. The van der Waals surface area contributed by atoms with Crippen LogP contribution in [0.2, 0.25) is 0 Å². The summed E-state index contributed by atoms with van der Waals surface area (Å²) in [5.41, 5.74) is -0.552. The quantitative estimate of drug-likeness (QED) is 0.152. The van der Waals surface area contributed by atoms with Crippen molar-refractivity contribution in [1.82, 2.24) is 4.90 Å². The molecule has 1 aromatic rings. The summed E-state index contributed by atoms with van der Waals surface area (Å²) >= 11 is 0. The molecule has 4 aliphatic rings. The van der Waals surface area contributed by atoms with Gasteiger partial charge in [-0.1, -0.05) is 6.07 Å². The van der Waals surface area contributed by atoms with E-state index in [2.05, 4.69) is 9.64 Å². The van der Waals surface area contributed by atoms with Crippen molar-refractivity contribution in [2.24, 2.45) is 0 Å². The molecule has 0 saturated carbocycles. The van der Waals surface area contributed by atoms with Gasteiger partial charge in [-0.3, -0.25) is 9.59 Å². The predicted octanol–water partition coefficient (Wildman–Crippen LogP) is -0.398. The summed E-state index contributed by atoms with van der Waals surface area (Å²) in [6, 6.07) is 3.43. The smallest absolute Gasteiger partial charge is 0.348 e. The van der Waals surface area contributed by atoms with Crippen molar-refractivity contribution in [3.8, 4) is 11.5 Å². The molecule has 2 heterocycles. The van der Waals surface area contributed by atoms with Gasteiger partial charge >= 0.3 is 35.8 Å². The molecule has 4 N–H and O–H groups in total. The highest BCUT2D eigenvalue weighted by atomic mass is 16.6. The second-order valence-electron chi connectivity index (χ2n) is 12.5. The maximum absolute atomic E-state index is 13.4. The number of rotatable bonds is 13. The summed E-state index contributed by atoms with van der Waals surface area (Å²) in [4.78, 5) is 75.3. The van der Waals surface area contributed by atoms with Gasteiger partial charge in [0.1, 0.15) is 11.9 Å². The maximum atomic E-state index is 13.4. The summed E-state index contributed by atoms with van der Waals surface area (Å²) in [6.07, 6.45) is -8.04. The molecule has 5 rings (SSSR count). The minimum Gasteiger partial charge on any atom is -0.493 e. The van der Waals surface area contributed by atoms with Gasteiger partial charge in [-0.25, -0.2) is 19.2 Å². The van der Waals surface area contributed by atoms with Crippen LogP contribution in [0.15, 0.2) is 24.0 Å². The van der Waals surface area contributed by atoms with E-state index in [0.29, 0.717) is 30.9 Å². The molecule has 266 valence electrons. The second kappa shape index (κ2) is 13.3. The highest BCUT2D eigenvalue weighted by Gasteiger charge is 2.72. The van der Waals surface area contributed by atoms with Gasteiger partial charge in [-0.2, -0.15) is 0 Å². The fourth-order valence-electron chi connectivity index (χ4n) is 7.20. The Hall–Kier alpha value is -4.74. The highest BCUT2D eigenvalue weighted by molar-refractivity contribution is 5.88. The van der Waals surface area contributed by atoms with Crippen LogP contribution in [-0.2, 0) is 59.6 Å². The van der Waals surface area contributed by atoms with E-state index >= 15 is 0 Å². The van der Waals surface area contributed by atoms with Crippen molar-refractivity contribution in [3.05, 3.63) is 35.1 Å². The van der Waals surface area contributed by atoms with Crippen LogP contribution in [0, 0.1) is 0 Å². The Kier molecular flexibility index (Phi) is 9.64. The van der Waals surface area contributed by atoms with Gasteiger partial charge in [0.05, 0.1) is 31.0 Å². The fraction of sp³-hybridized carbons (Fsp3) is 0.562. The summed E-state index contributed by atoms with van der Waals surface area (Å²) in [6.45, 7) is 2.63. The molecule has 8 atom stereocenters. The number of aliphatic carboxylic acids is 2. The van der Waals surface area contributed by atoms with E-state index in [1.165, 1.54) is 7.11 Å². The molecule has 1 fully saturated rings. The molecule has 17 nitrogen and oxygen atoms in total. The lowest BCUT2D eigenvalue weighted by Crippen LogP contribution is -2.74. The molecule has 1 spiro atoms. The molecule has 0 amide bonds. The first-order valence-corrected chi connectivity index (χ1v) is 15.5. The monoisotopic (exact) mass is 691 g/mol. The largest absolute Gasteiger partial charge is 0.493 e. The van der Waals surface area contributed by atoms with E-state index in [4.69, 9.17) is 33.9 Å². The molecular formula is C32H37NO16. The average molecular weight is 692 g/mol. The lowest BCUT2D eigenvalue weighted by Gasteiger charge is -2.61. The number of hydrogen-bond acceptors (Lipinski definition) is 15. The molecule has 2 bridgehead atoms. The van der Waals surface area contributed by atoms with Crippen molar-refractivity contribution in [3.63, 3.8) is 0 Å². The zero-order valence-electron chi connectivity index (χ0n) is 27.1. The first-order valence-electron chi connectivity index (χ1n) is 15.5. The second-order valence-corrected chi connectivity index (χ2v) is 12.5. The van der Waals surface area contributed by atoms with Crippen LogP contribution in [0.5, 0.6) is 11.5 Å². The molecule has 4 unspecified atom stereocenters. The normalized spacial score (nSPS) is 27.1. The van der Waals surface area contributed by atoms with Gasteiger partial charge in [-0.05, 0) is 58.0 Å². The number of aliphatic hydroxyl groups is 2. The first-order chi connectivity index (χ1) is 23.0. The van der Waals surface area contributed by atoms with Crippen molar-refractivity contribution in [2.45, 2.75) is 93.5 Å². The Morgan fingerprint density at radius 2 is 1.69 bits per heavy atom. The number of likely N-dealkylation sites (N-methyl/N-ethyl adjacent to an activating group) is 1. The molecule has 0 radical (unpaired) electrons. The number of carboxylic acids is 2. The summed E-state index contributed by atoms with van der Waals surface area (Å²) in [5.74, 6) is -7.71. The first kappa shape index (κ1) is 35.6. The summed E-state index contributed by atoms with van der Waals surface area (Å²) < 4.78 is 32.3. The molecule has 1 aromatic carbocycles. The molecule has 1 saturated heterocycles. The number of aliphatic hydroxyl groups excluding tert-OH is 1. The van der Waals surface area contributed by atoms with E-state index in [1.54, 1.807) is 12.1 Å². The summed E-state index contributed by atoms with van der Waals surface area (Å²) in [5, 5.41) is 40.0. The molecule has 49 heavy (non-hydrogen) atoms. The van der Waals surface area contributed by atoms with E-state index in [9.17, 15) is 39.0 Å². The number of carbonyl (C=O) groups is 6. The van der Waals surface area contributed by atoms with Crippen LogP contribution >= 0.6 is 0 Å². The van der Waals surface area contributed by atoms with Gasteiger partial charge in [-0.15, -0.1) is 0 Å². The van der Waals surface area contributed by atoms with Crippen LogP contribution in [-0.4, -0.2) is 124 Å². The van der Waals surface area contributed by atoms with E-state index in [1.807, 2.05) is 13.1 Å². The van der Waals surface area contributed by atoms with Gasteiger partial charge in [0.15, 0.2) is 23.7 Å². The zero-order valence-corrected chi connectivity index (χ0v) is 27.1. The molecule has 0 aromatic heterocycles.